The van der Waals surface area contributed by atoms with Crippen molar-refractivity contribution in [2.24, 2.45) is 0 Å². The zero-order valence-electron chi connectivity index (χ0n) is 22.3. The number of fused-ring (bicyclic) bond motifs is 6. The third kappa shape index (κ3) is 3.53. The van der Waals surface area contributed by atoms with Crippen LogP contribution in [0.15, 0.2) is 115 Å². The molecule has 8 rings (SSSR count). The van der Waals surface area contributed by atoms with Crippen LogP contribution in [0.3, 0.4) is 0 Å². The largest absolute Gasteiger partial charge is 0.333 e. The number of hydrogen-bond acceptors (Lipinski definition) is 0. The molecule has 0 spiro atoms. The smallest absolute Gasteiger partial charge is 0.0568 e. The summed E-state index contributed by atoms with van der Waals surface area (Å²) in [5, 5.41) is 1.42. The number of aromatic nitrogens is 1. The number of aryl methyl sites for hydroxylation is 1. The van der Waals surface area contributed by atoms with Crippen LogP contribution in [0, 0.1) is 0 Å². The average molecular weight is 502 g/mol. The number of para-hydroxylation sites is 1. The van der Waals surface area contributed by atoms with Crippen molar-refractivity contribution in [3.05, 3.63) is 143 Å². The first kappa shape index (κ1) is 22.6. The number of nitrogens with zero attached hydrogens (tertiary/aromatic N) is 1. The summed E-state index contributed by atoms with van der Waals surface area (Å²) < 4.78 is 2.61. The van der Waals surface area contributed by atoms with Gasteiger partial charge in [0, 0.05) is 16.6 Å². The lowest BCUT2D eigenvalue weighted by Crippen LogP contribution is -2.13. The molecule has 188 valence electrons. The minimum absolute atomic E-state index is 0.306. The highest BCUT2D eigenvalue weighted by Crippen LogP contribution is 2.46. The molecule has 1 aromatic heterocycles. The van der Waals surface area contributed by atoms with Crippen molar-refractivity contribution in [1.29, 1.82) is 0 Å². The maximum Gasteiger partial charge on any atom is 0.0568 e. The van der Waals surface area contributed by atoms with E-state index in [1.54, 1.807) is 0 Å². The molecule has 1 heteroatoms. The molecule has 1 unspecified atom stereocenters. The summed E-state index contributed by atoms with van der Waals surface area (Å²) in [5.41, 5.74) is 16.8. The Hall–Kier alpha value is -4.36. The van der Waals surface area contributed by atoms with E-state index in [0.29, 0.717) is 6.04 Å². The van der Waals surface area contributed by atoms with E-state index in [2.05, 4.69) is 127 Å². The van der Waals surface area contributed by atoms with Gasteiger partial charge in [0.15, 0.2) is 0 Å². The molecule has 0 fully saturated rings. The summed E-state index contributed by atoms with van der Waals surface area (Å²) in [7, 11) is 0. The van der Waals surface area contributed by atoms with Crippen LogP contribution in [0.1, 0.15) is 53.8 Å². The highest BCUT2D eigenvalue weighted by atomic mass is 15.0. The van der Waals surface area contributed by atoms with Crippen molar-refractivity contribution >= 4 is 22.6 Å². The molecule has 39 heavy (non-hydrogen) atoms. The Balaban J connectivity index is 1.26. The molecule has 0 amide bonds. The Morgan fingerprint density at radius 2 is 1.41 bits per heavy atom. The molecule has 4 aromatic carbocycles. The molecular formula is C38H31N. The number of allylic oxidation sites excluding steroid dienone is 5. The third-order valence-corrected chi connectivity index (χ3v) is 8.92. The Morgan fingerprint density at radius 1 is 0.692 bits per heavy atom. The van der Waals surface area contributed by atoms with Gasteiger partial charge in [0.2, 0.25) is 0 Å². The first-order chi connectivity index (χ1) is 19.3. The zero-order valence-corrected chi connectivity index (χ0v) is 22.3. The number of hydrogen-bond donors (Lipinski definition) is 0. The van der Waals surface area contributed by atoms with E-state index in [4.69, 9.17) is 0 Å². The van der Waals surface area contributed by atoms with Gasteiger partial charge in [0.05, 0.1) is 6.04 Å². The van der Waals surface area contributed by atoms with Gasteiger partial charge in [-0.1, -0.05) is 109 Å². The van der Waals surface area contributed by atoms with Crippen LogP contribution in [-0.2, 0) is 12.8 Å². The van der Waals surface area contributed by atoms with Crippen LogP contribution in [-0.4, -0.2) is 4.57 Å². The van der Waals surface area contributed by atoms with E-state index < -0.39 is 0 Å². The second-order valence-corrected chi connectivity index (χ2v) is 11.3. The monoisotopic (exact) mass is 501 g/mol. The second-order valence-electron chi connectivity index (χ2n) is 11.3. The highest BCUT2D eigenvalue weighted by Gasteiger charge is 2.27. The van der Waals surface area contributed by atoms with Crippen LogP contribution >= 0.6 is 0 Å². The van der Waals surface area contributed by atoms with E-state index >= 15 is 0 Å². The van der Waals surface area contributed by atoms with Crippen LogP contribution in [0.5, 0.6) is 0 Å². The molecule has 0 bridgehead atoms. The lowest BCUT2D eigenvalue weighted by molar-refractivity contribution is 0.607. The second kappa shape index (κ2) is 8.85. The molecule has 3 aliphatic rings. The maximum atomic E-state index is 2.61. The fourth-order valence-corrected chi connectivity index (χ4v) is 7.27. The van der Waals surface area contributed by atoms with E-state index in [1.807, 2.05) is 0 Å². The van der Waals surface area contributed by atoms with Crippen molar-refractivity contribution in [3.8, 4) is 22.3 Å². The molecule has 0 N–H and O–H groups in total. The lowest BCUT2D eigenvalue weighted by Gasteiger charge is -2.26. The van der Waals surface area contributed by atoms with Crippen LogP contribution in [0.25, 0.3) is 44.8 Å². The quantitative estimate of drug-likeness (QED) is 0.227. The van der Waals surface area contributed by atoms with Gasteiger partial charge in [0.25, 0.3) is 0 Å². The van der Waals surface area contributed by atoms with Crippen molar-refractivity contribution in [2.45, 2.75) is 38.6 Å². The van der Waals surface area contributed by atoms with E-state index in [0.717, 1.165) is 25.7 Å². The Labute approximate surface area is 230 Å². The van der Waals surface area contributed by atoms with Gasteiger partial charge in [-0.3, -0.25) is 0 Å². The van der Waals surface area contributed by atoms with Crippen molar-refractivity contribution in [3.63, 3.8) is 0 Å². The van der Waals surface area contributed by atoms with Gasteiger partial charge in [-0.25, -0.2) is 0 Å². The molecule has 0 saturated heterocycles. The van der Waals surface area contributed by atoms with Gasteiger partial charge < -0.3 is 4.57 Å². The van der Waals surface area contributed by atoms with Crippen LogP contribution in [0.4, 0.5) is 0 Å². The summed E-state index contributed by atoms with van der Waals surface area (Å²) in [5.74, 6) is 0. The van der Waals surface area contributed by atoms with Gasteiger partial charge in [0.1, 0.15) is 0 Å². The predicted octanol–water partition coefficient (Wildman–Crippen LogP) is 9.81. The molecular weight excluding hydrogens is 470 g/mol. The first-order valence-electron chi connectivity index (χ1n) is 14.2. The van der Waals surface area contributed by atoms with Gasteiger partial charge in [-0.2, -0.15) is 0 Å². The summed E-state index contributed by atoms with van der Waals surface area (Å²) in [6.45, 7) is 2.30. The normalized spacial score (nSPS) is 17.4. The lowest BCUT2D eigenvalue weighted by atomic mass is 9.88. The topological polar surface area (TPSA) is 4.93 Å². The van der Waals surface area contributed by atoms with E-state index in [1.165, 1.54) is 72.3 Å². The van der Waals surface area contributed by atoms with Crippen molar-refractivity contribution in [2.75, 3.05) is 0 Å². The zero-order chi connectivity index (χ0) is 25.9. The Bertz CT molecular complexity index is 1860. The summed E-state index contributed by atoms with van der Waals surface area (Å²) in [6, 6.07) is 33.9. The Morgan fingerprint density at radius 3 is 2.26 bits per heavy atom. The van der Waals surface area contributed by atoms with E-state index in [-0.39, 0.29) is 0 Å². The SMILES string of the molecule is CC1=CC(c2cccc3c2Cc2c(-c4ccccc4)cccc2-3)=CC(n2c3c(c4ccccc42)CCC=C3)C1. The predicted molar refractivity (Wildman–Crippen MR) is 165 cm³/mol. The molecule has 1 heterocycles. The molecule has 1 nitrogen and oxygen atoms in total. The van der Waals surface area contributed by atoms with Gasteiger partial charge in [-0.15, -0.1) is 0 Å². The summed E-state index contributed by atoms with van der Waals surface area (Å²) in [4.78, 5) is 0. The van der Waals surface area contributed by atoms with Crippen LogP contribution < -0.4 is 0 Å². The summed E-state index contributed by atoms with van der Waals surface area (Å²) >= 11 is 0. The minimum Gasteiger partial charge on any atom is -0.333 e. The number of rotatable bonds is 3. The standard InChI is InChI=1S/C38H31N/c1-25-21-27(23-28(22-25)39-37-19-7-5-13-33(37)34-14-6-8-20-38(34)39)30-16-10-18-32-31-17-9-15-29(35(31)24-36(30)32)26-11-3-2-4-12-26/h2-5,7-13,15-21,23,28H,6,14,22,24H2,1H3. The third-order valence-electron chi connectivity index (χ3n) is 8.92. The van der Waals surface area contributed by atoms with Crippen LogP contribution in [0.2, 0.25) is 0 Å². The summed E-state index contributed by atoms with van der Waals surface area (Å²) in [6.07, 6.45) is 14.0. The molecule has 0 radical (unpaired) electrons. The van der Waals surface area contributed by atoms with E-state index in [9.17, 15) is 0 Å². The Kier molecular flexibility index (Phi) is 5.13. The fraction of sp³-hybridized carbons (Fsp3) is 0.158. The first-order valence-corrected chi connectivity index (χ1v) is 14.2. The number of benzene rings is 4. The van der Waals surface area contributed by atoms with Crippen molar-refractivity contribution in [1.82, 2.24) is 4.57 Å². The van der Waals surface area contributed by atoms with Crippen molar-refractivity contribution < 1.29 is 0 Å². The fourth-order valence-electron chi connectivity index (χ4n) is 7.27. The maximum absolute atomic E-state index is 2.61. The van der Waals surface area contributed by atoms with Gasteiger partial charge in [-0.05, 0) is 94.8 Å². The molecule has 0 saturated carbocycles. The van der Waals surface area contributed by atoms with Gasteiger partial charge >= 0.3 is 0 Å². The minimum atomic E-state index is 0.306. The molecule has 1 atom stereocenters. The highest BCUT2D eigenvalue weighted by molar-refractivity contribution is 5.92. The average Bonchev–Trinajstić information content (AvgIpc) is 3.53. The molecule has 3 aliphatic carbocycles. The molecule has 0 aliphatic heterocycles. The molecule has 5 aromatic rings.